The predicted molar refractivity (Wildman–Crippen MR) is 98.8 cm³/mol. The highest BCUT2D eigenvalue weighted by Crippen LogP contribution is 2.20. The lowest BCUT2D eigenvalue weighted by Gasteiger charge is -2.32. The molecule has 0 spiro atoms. The molecule has 4 heteroatoms. The van der Waals surface area contributed by atoms with Crippen LogP contribution >= 0.6 is 0 Å². The second kappa shape index (κ2) is 8.71. The van der Waals surface area contributed by atoms with E-state index >= 15 is 0 Å². The van der Waals surface area contributed by atoms with Crippen LogP contribution in [0, 0.1) is 5.92 Å². The second-order valence-corrected chi connectivity index (χ2v) is 6.45. The summed E-state index contributed by atoms with van der Waals surface area (Å²) in [5, 5.41) is 2.33. The number of anilines is 1. The minimum atomic E-state index is 0.661. The summed E-state index contributed by atoms with van der Waals surface area (Å²) in [5.41, 5.74) is 11.4. The maximum absolute atomic E-state index is 5.71. The third kappa shape index (κ3) is 5.25. The number of hydrazine groups is 1. The van der Waals surface area contributed by atoms with Gasteiger partial charge in [0.25, 0.3) is 0 Å². The van der Waals surface area contributed by atoms with Crippen molar-refractivity contribution in [3.63, 3.8) is 0 Å². The van der Waals surface area contributed by atoms with Crippen molar-refractivity contribution in [1.82, 2.24) is 10.4 Å². The molecular weight excluding hydrogens is 298 g/mol. The van der Waals surface area contributed by atoms with Gasteiger partial charge in [-0.1, -0.05) is 30.3 Å². The molecule has 1 aliphatic heterocycles. The number of nitrogen functional groups attached to an aromatic ring is 1. The maximum atomic E-state index is 5.71. The van der Waals surface area contributed by atoms with Crippen LogP contribution in [0.1, 0.15) is 18.4 Å². The van der Waals surface area contributed by atoms with Crippen molar-refractivity contribution in [2.75, 3.05) is 32.0 Å². The zero-order chi connectivity index (χ0) is 16.6. The van der Waals surface area contributed by atoms with Crippen molar-refractivity contribution in [2.45, 2.75) is 19.3 Å². The molecule has 2 aromatic carbocycles. The van der Waals surface area contributed by atoms with Gasteiger partial charge in [0.05, 0.1) is 0 Å². The number of rotatable bonds is 7. The summed E-state index contributed by atoms with van der Waals surface area (Å²) >= 11 is 0. The molecule has 0 unspecified atom stereocenters. The summed E-state index contributed by atoms with van der Waals surface area (Å²) in [6.07, 6.45) is 3.70. The van der Waals surface area contributed by atoms with Gasteiger partial charge < -0.3 is 10.5 Å². The molecule has 0 saturated carbocycles. The van der Waals surface area contributed by atoms with E-state index in [0.29, 0.717) is 6.61 Å². The number of nitrogens with two attached hydrogens (primary N) is 1. The summed E-state index contributed by atoms with van der Waals surface area (Å²) in [6, 6.07) is 18.4. The minimum Gasteiger partial charge on any atom is -0.492 e. The molecular formula is C20H27N3O. The van der Waals surface area contributed by atoms with Crippen molar-refractivity contribution < 1.29 is 4.74 Å². The molecule has 3 N–H and O–H groups in total. The molecule has 1 aliphatic rings. The quantitative estimate of drug-likeness (QED) is 0.607. The SMILES string of the molecule is Nc1ccc(OCCNN2CCC(Cc3ccccc3)CC2)cc1. The van der Waals surface area contributed by atoms with Gasteiger partial charge >= 0.3 is 0 Å². The molecule has 1 fully saturated rings. The third-order valence-electron chi connectivity index (χ3n) is 4.57. The van der Waals surface area contributed by atoms with Crippen LogP contribution in [0.25, 0.3) is 0 Å². The monoisotopic (exact) mass is 325 g/mol. The molecule has 0 aromatic heterocycles. The maximum Gasteiger partial charge on any atom is 0.119 e. The molecule has 0 amide bonds. The first-order valence-electron chi connectivity index (χ1n) is 8.80. The number of benzene rings is 2. The highest BCUT2D eigenvalue weighted by molar-refractivity contribution is 5.41. The van der Waals surface area contributed by atoms with Gasteiger partial charge in [-0.25, -0.2) is 5.01 Å². The van der Waals surface area contributed by atoms with E-state index in [1.165, 1.54) is 24.8 Å². The van der Waals surface area contributed by atoms with Gasteiger partial charge in [-0.05, 0) is 55.0 Å². The zero-order valence-corrected chi connectivity index (χ0v) is 14.2. The van der Waals surface area contributed by atoms with E-state index in [-0.39, 0.29) is 0 Å². The zero-order valence-electron chi connectivity index (χ0n) is 14.2. The second-order valence-electron chi connectivity index (χ2n) is 6.45. The lowest BCUT2D eigenvalue weighted by atomic mass is 9.91. The van der Waals surface area contributed by atoms with Gasteiger partial charge in [-0.15, -0.1) is 0 Å². The first-order chi connectivity index (χ1) is 11.8. The first kappa shape index (κ1) is 16.8. The lowest BCUT2D eigenvalue weighted by Crippen LogP contribution is -2.45. The summed E-state index contributed by atoms with van der Waals surface area (Å²) in [6.45, 7) is 3.71. The first-order valence-corrected chi connectivity index (χ1v) is 8.80. The highest BCUT2D eigenvalue weighted by atomic mass is 16.5. The van der Waals surface area contributed by atoms with Crippen LogP contribution in [-0.4, -0.2) is 31.3 Å². The van der Waals surface area contributed by atoms with E-state index in [1.807, 2.05) is 24.3 Å². The molecule has 0 atom stereocenters. The Morgan fingerprint density at radius 1 is 1.00 bits per heavy atom. The molecule has 24 heavy (non-hydrogen) atoms. The Morgan fingerprint density at radius 3 is 2.42 bits per heavy atom. The molecule has 0 bridgehead atoms. The normalized spacial score (nSPS) is 16.2. The van der Waals surface area contributed by atoms with Gasteiger partial charge in [0, 0.05) is 25.3 Å². The minimum absolute atomic E-state index is 0.661. The van der Waals surface area contributed by atoms with Gasteiger partial charge in [-0.3, -0.25) is 5.43 Å². The van der Waals surface area contributed by atoms with Crippen molar-refractivity contribution in [1.29, 1.82) is 0 Å². The van der Waals surface area contributed by atoms with E-state index in [2.05, 4.69) is 40.8 Å². The van der Waals surface area contributed by atoms with Crippen molar-refractivity contribution in [3.05, 3.63) is 60.2 Å². The topological polar surface area (TPSA) is 50.5 Å². The van der Waals surface area contributed by atoms with Crippen LogP contribution in [0.2, 0.25) is 0 Å². The summed E-state index contributed by atoms with van der Waals surface area (Å²) in [4.78, 5) is 0. The Hall–Kier alpha value is -2.04. The number of hydrogen-bond donors (Lipinski definition) is 2. The number of piperidine rings is 1. The Kier molecular flexibility index (Phi) is 6.10. The number of nitrogens with one attached hydrogen (secondary N) is 1. The number of hydrogen-bond acceptors (Lipinski definition) is 4. The molecule has 1 heterocycles. The molecule has 0 aliphatic carbocycles. The van der Waals surface area contributed by atoms with Gasteiger partial charge in [0.2, 0.25) is 0 Å². The van der Waals surface area contributed by atoms with Crippen LogP contribution in [0.15, 0.2) is 54.6 Å². The van der Waals surface area contributed by atoms with Crippen molar-refractivity contribution >= 4 is 5.69 Å². The molecule has 3 rings (SSSR count). The molecule has 2 aromatic rings. The van der Waals surface area contributed by atoms with Crippen molar-refractivity contribution in [3.8, 4) is 5.75 Å². The number of ether oxygens (including phenoxy) is 1. The fourth-order valence-electron chi connectivity index (χ4n) is 3.18. The van der Waals surface area contributed by atoms with Crippen LogP contribution in [-0.2, 0) is 6.42 Å². The standard InChI is InChI=1S/C20H27N3O/c21-19-6-8-20(9-7-19)24-15-12-22-23-13-10-18(11-14-23)16-17-4-2-1-3-5-17/h1-9,18,22H,10-16,21H2. The van der Waals surface area contributed by atoms with E-state index in [4.69, 9.17) is 10.5 Å². The average molecular weight is 325 g/mol. The lowest BCUT2D eigenvalue weighted by molar-refractivity contribution is 0.115. The summed E-state index contributed by atoms with van der Waals surface area (Å²) in [5.74, 6) is 1.67. The summed E-state index contributed by atoms with van der Waals surface area (Å²) < 4.78 is 5.71. The Morgan fingerprint density at radius 2 is 1.71 bits per heavy atom. The average Bonchev–Trinajstić information content (AvgIpc) is 2.62. The third-order valence-corrected chi connectivity index (χ3v) is 4.57. The van der Waals surface area contributed by atoms with Gasteiger partial charge in [-0.2, -0.15) is 0 Å². The smallest absolute Gasteiger partial charge is 0.119 e. The molecule has 0 radical (unpaired) electrons. The van der Waals surface area contributed by atoms with Crippen LogP contribution < -0.4 is 15.9 Å². The Bertz CT molecular complexity index is 592. The molecule has 1 saturated heterocycles. The Balaban J connectivity index is 1.30. The fraction of sp³-hybridized carbons (Fsp3) is 0.400. The number of nitrogens with zero attached hydrogens (tertiary/aromatic N) is 1. The predicted octanol–water partition coefficient (Wildman–Crippen LogP) is 3.11. The van der Waals surface area contributed by atoms with Gasteiger partial charge in [0.1, 0.15) is 12.4 Å². The van der Waals surface area contributed by atoms with E-state index in [9.17, 15) is 0 Å². The van der Waals surface area contributed by atoms with E-state index in [0.717, 1.165) is 37.0 Å². The van der Waals surface area contributed by atoms with E-state index < -0.39 is 0 Å². The molecule has 4 nitrogen and oxygen atoms in total. The van der Waals surface area contributed by atoms with Crippen molar-refractivity contribution in [2.24, 2.45) is 5.92 Å². The van der Waals surface area contributed by atoms with Crippen LogP contribution in [0.5, 0.6) is 5.75 Å². The van der Waals surface area contributed by atoms with E-state index in [1.54, 1.807) is 0 Å². The van der Waals surface area contributed by atoms with Crippen LogP contribution in [0.3, 0.4) is 0 Å². The Labute approximate surface area is 144 Å². The largest absolute Gasteiger partial charge is 0.492 e. The van der Waals surface area contributed by atoms with Crippen LogP contribution in [0.4, 0.5) is 5.69 Å². The van der Waals surface area contributed by atoms with Gasteiger partial charge in [0.15, 0.2) is 0 Å². The highest BCUT2D eigenvalue weighted by Gasteiger charge is 2.18. The fourth-order valence-corrected chi connectivity index (χ4v) is 3.18. The summed E-state index contributed by atoms with van der Waals surface area (Å²) in [7, 11) is 0. The molecule has 128 valence electrons.